The Labute approximate surface area is 156 Å². The van der Waals surface area contributed by atoms with Crippen molar-refractivity contribution in [1.82, 2.24) is 9.55 Å². The van der Waals surface area contributed by atoms with Crippen molar-refractivity contribution in [1.29, 1.82) is 0 Å². The van der Waals surface area contributed by atoms with Crippen molar-refractivity contribution in [2.45, 2.75) is 57.9 Å². The maximum absolute atomic E-state index is 4.40. The minimum Gasteiger partial charge on any atom is -0.323 e. The molecule has 1 aromatic heterocycles. The number of fused-ring (bicyclic) bond motifs is 3. The van der Waals surface area contributed by atoms with E-state index in [1.165, 1.54) is 40.8 Å². The van der Waals surface area contributed by atoms with Crippen molar-refractivity contribution in [2.24, 2.45) is 0 Å². The first-order valence-corrected chi connectivity index (χ1v) is 9.93. The first kappa shape index (κ1) is 17.1. The molecule has 0 saturated carbocycles. The van der Waals surface area contributed by atoms with E-state index in [1.54, 1.807) is 0 Å². The summed E-state index contributed by atoms with van der Waals surface area (Å²) >= 11 is 0. The zero-order valence-electron chi connectivity index (χ0n) is 16.0. The molecule has 0 saturated heterocycles. The van der Waals surface area contributed by atoms with Crippen LogP contribution in [0.15, 0.2) is 61.1 Å². The second kappa shape index (κ2) is 7.11. The van der Waals surface area contributed by atoms with Crippen LogP contribution in [0, 0.1) is 0 Å². The molecule has 0 radical (unpaired) electrons. The van der Waals surface area contributed by atoms with E-state index in [-0.39, 0.29) is 0 Å². The molecular formula is C24H28N2. The summed E-state index contributed by atoms with van der Waals surface area (Å²) in [5.41, 5.74) is 6.99. The van der Waals surface area contributed by atoms with Crippen LogP contribution in [0.25, 0.3) is 11.3 Å². The van der Waals surface area contributed by atoms with E-state index in [4.69, 9.17) is 0 Å². The minimum absolute atomic E-state index is 0.385. The Hall–Kier alpha value is -2.35. The lowest BCUT2D eigenvalue weighted by Crippen LogP contribution is -2.09. The fourth-order valence-corrected chi connectivity index (χ4v) is 4.52. The number of nitrogens with zero attached hydrogens (tertiary/aromatic N) is 2. The van der Waals surface area contributed by atoms with Gasteiger partial charge in [0.25, 0.3) is 0 Å². The number of benzene rings is 2. The lowest BCUT2D eigenvalue weighted by Gasteiger charge is -2.21. The molecule has 2 unspecified atom stereocenters. The fraction of sp³-hybridized carbons (Fsp3) is 0.375. The molecule has 1 aliphatic heterocycles. The van der Waals surface area contributed by atoms with Gasteiger partial charge in [-0.15, -0.1) is 0 Å². The smallest absolute Gasteiger partial charge is 0.0956 e. The van der Waals surface area contributed by atoms with Crippen molar-refractivity contribution < 1.29 is 0 Å². The summed E-state index contributed by atoms with van der Waals surface area (Å²) in [4.78, 5) is 4.40. The molecule has 2 atom stereocenters. The second-order valence-electron chi connectivity index (χ2n) is 7.61. The van der Waals surface area contributed by atoms with Gasteiger partial charge in [0.15, 0.2) is 0 Å². The monoisotopic (exact) mass is 344 g/mol. The van der Waals surface area contributed by atoms with E-state index in [9.17, 15) is 0 Å². The van der Waals surface area contributed by atoms with Crippen LogP contribution < -0.4 is 0 Å². The molecule has 2 heteroatoms. The molecule has 2 heterocycles. The SMILES string of the molecule is CCC(CC)c1cccc(C(C)CC2c3ccccc3-c3cncn32)c1. The highest BCUT2D eigenvalue weighted by Crippen LogP contribution is 2.43. The molecule has 26 heavy (non-hydrogen) atoms. The van der Waals surface area contributed by atoms with Gasteiger partial charge in [0.2, 0.25) is 0 Å². The number of rotatable bonds is 6. The summed E-state index contributed by atoms with van der Waals surface area (Å²) in [5, 5.41) is 0. The average molecular weight is 345 g/mol. The van der Waals surface area contributed by atoms with Crippen molar-refractivity contribution in [3.63, 3.8) is 0 Å². The summed E-state index contributed by atoms with van der Waals surface area (Å²) in [6.45, 7) is 6.95. The fourth-order valence-electron chi connectivity index (χ4n) is 4.52. The van der Waals surface area contributed by atoms with Gasteiger partial charge < -0.3 is 4.57 Å². The Bertz CT molecular complexity index is 888. The van der Waals surface area contributed by atoms with Crippen molar-refractivity contribution >= 4 is 0 Å². The molecule has 0 spiro atoms. The molecular weight excluding hydrogens is 316 g/mol. The van der Waals surface area contributed by atoms with Crippen LogP contribution in [0.2, 0.25) is 0 Å². The standard InChI is InChI=1S/C24H28N2/c1-4-18(5-2)20-10-8-9-19(14-20)17(3)13-23-21-11-6-7-12-22(21)24-15-25-16-26(23)24/h6-12,14-18,23H,4-5,13H2,1-3H3. The maximum atomic E-state index is 4.40. The van der Waals surface area contributed by atoms with Gasteiger partial charge in [0.05, 0.1) is 24.3 Å². The van der Waals surface area contributed by atoms with Gasteiger partial charge in [-0.05, 0) is 47.8 Å². The maximum Gasteiger partial charge on any atom is 0.0956 e. The van der Waals surface area contributed by atoms with Gasteiger partial charge >= 0.3 is 0 Å². The third kappa shape index (κ3) is 2.88. The Morgan fingerprint density at radius 1 is 1.00 bits per heavy atom. The Morgan fingerprint density at radius 2 is 1.77 bits per heavy atom. The molecule has 0 bridgehead atoms. The Kier molecular flexibility index (Phi) is 4.67. The Morgan fingerprint density at radius 3 is 2.58 bits per heavy atom. The highest BCUT2D eigenvalue weighted by atomic mass is 15.1. The summed E-state index contributed by atoms with van der Waals surface area (Å²) in [5.74, 6) is 1.19. The van der Waals surface area contributed by atoms with E-state index in [0.717, 1.165) is 6.42 Å². The molecule has 3 aromatic rings. The molecule has 134 valence electrons. The van der Waals surface area contributed by atoms with Crippen LogP contribution >= 0.6 is 0 Å². The normalized spacial score (nSPS) is 16.5. The summed E-state index contributed by atoms with van der Waals surface area (Å²) in [6, 6.07) is 18.4. The minimum atomic E-state index is 0.385. The number of hydrogen-bond donors (Lipinski definition) is 0. The third-order valence-electron chi connectivity index (χ3n) is 6.11. The predicted octanol–water partition coefficient (Wildman–Crippen LogP) is 6.55. The molecule has 4 rings (SSSR count). The summed E-state index contributed by atoms with van der Waals surface area (Å²) < 4.78 is 2.35. The second-order valence-corrected chi connectivity index (χ2v) is 7.61. The topological polar surface area (TPSA) is 17.8 Å². The zero-order valence-corrected chi connectivity index (χ0v) is 16.0. The number of imidazole rings is 1. The van der Waals surface area contributed by atoms with Crippen LogP contribution in [-0.4, -0.2) is 9.55 Å². The van der Waals surface area contributed by atoms with Crippen LogP contribution in [-0.2, 0) is 0 Å². The molecule has 0 fully saturated rings. The molecule has 2 nitrogen and oxygen atoms in total. The zero-order chi connectivity index (χ0) is 18.1. The van der Waals surface area contributed by atoms with Crippen LogP contribution in [0.5, 0.6) is 0 Å². The largest absolute Gasteiger partial charge is 0.323 e. The van der Waals surface area contributed by atoms with Crippen molar-refractivity contribution in [3.8, 4) is 11.3 Å². The van der Waals surface area contributed by atoms with E-state index in [0.29, 0.717) is 17.9 Å². The van der Waals surface area contributed by atoms with Crippen LogP contribution in [0.4, 0.5) is 0 Å². The van der Waals surface area contributed by atoms with E-state index < -0.39 is 0 Å². The van der Waals surface area contributed by atoms with Gasteiger partial charge in [-0.2, -0.15) is 0 Å². The predicted molar refractivity (Wildman–Crippen MR) is 109 cm³/mol. The highest BCUT2D eigenvalue weighted by molar-refractivity contribution is 5.68. The number of hydrogen-bond acceptors (Lipinski definition) is 1. The summed E-state index contributed by atoms with van der Waals surface area (Å²) in [7, 11) is 0. The van der Waals surface area contributed by atoms with Gasteiger partial charge in [-0.1, -0.05) is 69.3 Å². The average Bonchev–Trinajstić information content (AvgIpc) is 3.26. The number of aromatic nitrogens is 2. The van der Waals surface area contributed by atoms with Crippen LogP contribution in [0.1, 0.15) is 74.6 Å². The van der Waals surface area contributed by atoms with E-state index in [1.807, 2.05) is 12.5 Å². The lowest BCUT2D eigenvalue weighted by molar-refractivity contribution is 0.512. The van der Waals surface area contributed by atoms with E-state index in [2.05, 4.69) is 78.9 Å². The first-order valence-electron chi connectivity index (χ1n) is 9.93. The molecule has 2 aromatic carbocycles. The lowest BCUT2D eigenvalue weighted by atomic mass is 9.87. The molecule has 0 amide bonds. The van der Waals surface area contributed by atoms with Crippen molar-refractivity contribution in [2.75, 3.05) is 0 Å². The summed E-state index contributed by atoms with van der Waals surface area (Å²) in [6.07, 6.45) is 7.52. The third-order valence-corrected chi connectivity index (χ3v) is 6.11. The van der Waals surface area contributed by atoms with Gasteiger partial charge in [-0.25, -0.2) is 4.98 Å². The quantitative estimate of drug-likeness (QED) is 0.496. The van der Waals surface area contributed by atoms with Gasteiger partial charge in [-0.3, -0.25) is 0 Å². The molecule has 0 N–H and O–H groups in total. The highest BCUT2D eigenvalue weighted by Gasteiger charge is 2.29. The first-order chi connectivity index (χ1) is 12.7. The Balaban J connectivity index is 1.61. The van der Waals surface area contributed by atoms with Gasteiger partial charge in [0, 0.05) is 5.56 Å². The van der Waals surface area contributed by atoms with Crippen LogP contribution in [0.3, 0.4) is 0 Å². The van der Waals surface area contributed by atoms with Gasteiger partial charge in [0.1, 0.15) is 0 Å². The molecule has 1 aliphatic rings. The van der Waals surface area contributed by atoms with E-state index >= 15 is 0 Å². The molecule has 0 aliphatic carbocycles. The van der Waals surface area contributed by atoms with Crippen molar-refractivity contribution in [3.05, 3.63) is 77.7 Å².